The molecule has 0 spiro atoms. The summed E-state index contributed by atoms with van der Waals surface area (Å²) in [6.07, 6.45) is 20.0. The molecule has 0 radical (unpaired) electrons. The predicted octanol–water partition coefficient (Wildman–Crippen LogP) is 6.39. The van der Waals surface area contributed by atoms with Gasteiger partial charge in [-0.2, -0.15) is 0 Å². The van der Waals surface area contributed by atoms with Crippen LogP contribution in [0.3, 0.4) is 0 Å². The van der Waals surface area contributed by atoms with E-state index in [-0.39, 0.29) is 6.10 Å². The largest absolute Gasteiger partial charge is 0.392 e. The fourth-order valence-electron chi connectivity index (χ4n) is 6.27. The van der Waals surface area contributed by atoms with Gasteiger partial charge >= 0.3 is 0 Å². The Labute approximate surface area is 201 Å². The minimum Gasteiger partial charge on any atom is -0.392 e. The lowest BCUT2D eigenvalue weighted by Gasteiger charge is -2.26. The van der Waals surface area contributed by atoms with Crippen molar-refractivity contribution in [3.63, 3.8) is 0 Å². The monoisotopic (exact) mass is 449 g/mol. The third-order valence-corrected chi connectivity index (χ3v) is 8.09. The van der Waals surface area contributed by atoms with Crippen molar-refractivity contribution in [2.24, 2.45) is 17.8 Å². The quantitative estimate of drug-likeness (QED) is 0.332. The zero-order chi connectivity index (χ0) is 23.0. The lowest BCUT2D eigenvalue weighted by molar-refractivity contribution is -0.132. The van der Waals surface area contributed by atoms with Gasteiger partial charge in [-0.1, -0.05) is 60.1 Å². The fourth-order valence-corrected chi connectivity index (χ4v) is 6.27. The number of nitrogens with zero attached hydrogens (tertiary/aromatic N) is 1. The van der Waals surface area contributed by atoms with Crippen molar-refractivity contribution in [2.75, 3.05) is 13.1 Å². The number of aliphatic hydroxyl groups is 1. The summed E-state index contributed by atoms with van der Waals surface area (Å²) < 4.78 is 0. The molecule has 1 amide bonds. The highest BCUT2D eigenvalue weighted by molar-refractivity contribution is 5.76. The van der Waals surface area contributed by atoms with Gasteiger partial charge in [-0.25, -0.2) is 0 Å². The van der Waals surface area contributed by atoms with Crippen molar-refractivity contribution < 1.29 is 9.90 Å². The van der Waals surface area contributed by atoms with Crippen LogP contribution < -0.4 is 0 Å². The molecule has 1 aromatic carbocycles. The van der Waals surface area contributed by atoms with Crippen LogP contribution in [0.15, 0.2) is 48.1 Å². The Morgan fingerprint density at radius 1 is 1.12 bits per heavy atom. The van der Waals surface area contributed by atoms with E-state index in [0.717, 1.165) is 58.0 Å². The molecule has 0 bridgehead atoms. The third-order valence-electron chi connectivity index (χ3n) is 8.09. The number of carbonyl (C=O) groups is 1. The summed E-state index contributed by atoms with van der Waals surface area (Å²) in [5.41, 5.74) is 4.31. The SMILES string of the molecule is Cc1cccc(CCC=C[C@@H]2[C@H]3CC(CCCCCC(=O)N4CCCCC4)=C[C@H]3C[C@H]2O)c1. The van der Waals surface area contributed by atoms with Crippen LogP contribution >= 0.6 is 0 Å². The number of fused-ring (bicyclic) bond motifs is 1. The first-order chi connectivity index (χ1) is 16.1. The summed E-state index contributed by atoms with van der Waals surface area (Å²) in [6.45, 7) is 4.10. The number of hydrogen-bond donors (Lipinski definition) is 1. The molecule has 2 aliphatic carbocycles. The second-order valence-corrected chi connectivity index (χ2v) is 10.7. The van der Waals surface area contributed by atoms with Crippen LogP contribution in [0, 0.1) is 24.7 Å². The zero-order valence-corrected chi connectivity index (χ0v) is 20.6. The Morgan fingerprint density at radius 3 is 2.79 bits per heavy atom. The van der Waals surface area contributed by atoms with Gasteiger partial charge in [0, 0.05) is 25.4 Å². The molecule has 3 nitrogen and oxygen atoms in total. The zero-order valence-electron chi connectivity index (χ0n) is 20.6. The Morgan fingerprint density at radius 2 is 1.97 bits per heavy atom. The van der Waals surface area contributed by atoms with E-state index < -0.39 is 0 Å². The molecule has 4 rings (SSSR count). The molecule has 0 unspecified atom stereocenters. The number of benzene rings is 1. The molecule has 3 aliphatic rings. The fraction of sp³-hybridized carbons (Fsp3) is 0.633. The highest BCUT2D eigenvalue weighted by Gasteiger charge is 2.43. The first kappa shape index (κ1) is 24.3. The van der Waals surface area contributed by atoms with E-state index in [2.05, 4.69) is 54.3 Å². The lowest BCUT2D eigenvalue weighted by Crippen LogP contribution is -2.35. The highest BCUT2D eigenvalue weighted by atomic mass is 16.3. The van der Waals surface area contributed by atoms with Gasteiger partial charge in [0.15, 0.2) is 0 Å². The number of likely N-dealkylation sites (tertiary alicyclic amines) is 1. The van der Waals surface area contributed by atoms with Crippen LogP contribution in [0.5, 0.6) is 0 Å². The number of allylic oxidation sites excluding steroid dienone is 3. The van der Waals surface area contributed by atoms with Gasteiger partial charge in [-0.3, -0.25) is 4.79 Å². The van der Waals surface area contributed by atoms with Crippen molar-refractivity contribution in [3.8, 4) is 0 Å². The molecule has 0 aromatic heterocycles. The number of amides is 1. The Balaban J connectivity index is 1.14. The summed E-state index contributed by atoms with van der Waals surface area (Å²) in [7, 11) is 0. The Kier molecular flexibility index (Phi) is 8.83. The van der Waals surface area contributed by atoms with Crippen LogP contribution in [0.25, 0.3) is 0 Å². The number of rotatable bonds is 10. The van der Waals surface area contributed by atoms with E-state index in [4.69, 9.17) is 0 Å². The summed E-state index contributed by atoms with van der Waals surface area (Å²) >= 11 is 0. The van der Waals surface area contributed by atoms with E-state index >= 15 is 0 Å². The number of aliphatic hydroxyl groups excluding tert-OH is 1. The number of carbonyl (C=O) groups excluding carboxylic acids is 1. The van der Waals surface area contributed by atoms with E-state index in [0.29, 0.717) is 23.7 Å². The first-order valence-corrected chi connectivity index (χ1v) is 13.5. The third kappa shape index (κ3) is 6.82. The number of hydrogen-bond acceptors (Lipinski definition) is 2. The predicted molar refractivity (Wildman–Crippen MR) is 136 cm³/mol. The normalized spacial score (nSPS) is 27.2. The van der Waals surface area contributed by atoms with Crippen LogP contribution in [0.2, 0.25) is 0 Å². The van der Waals surface area contributed by atoms with Gasteiger partial charge in [-0.05, 0) is 88.5 Å². The van der Waals surface area contributed by atoms with Crippen LogP contribution in [0.4, 0.5) is 0 Å². The van der Waals surface area contributed by atoms with Crippen molar-refractivity contribution in [3.05, 3.63) is 59.2 Å². The van der Waals surface area contributed by atoms with Crippen molar-refractivity contribution in [2.45, 2.75) is 90.1 Å². The number of piperidine rings is 1. The minimum absolute atomic E-state index is 0.186. The average Bonchev–Trinajstić information content (AvgIpc) is 3.33. The molecule has 180 valence electrons. The lowest BCUT2D eigenvalue weighted by atomic mass is 9.88. The molecular formula is C30H43NO2. The van der Waals surface area contributed by atoms with Crippen molar-refractivity contribution >= 4 is 5.91 Å². The maximum atomic E-state index is 12.3. The molecule has 1 aliphatic heterocycles. The van der Waals surface area contributed by atoms with E-state index in [1.807, 2.05) is 0 Å². The van der Waals surface area contributed by atoms with Crippen LogP contribution in [-0.4, -0.2) is 35.1 Å². The van der Waals surface area contributed by atoms with E-state index in [1.165, 1.54) is 43.2 Å². The van der Waals surface area contributed by atoms with Crippen LogP contribution in [0.1, 0.15) is 81.8 Å². The molecule has 1 aromatic rings. The Hall–Kier alpha value is -1.87. The molecule has 4 atom stereocenters. The first-order valence-electron chi connectivity index (χ1n) is 13.5. The van der Waals surface area contributed by atoms with Gasteiger partial charge in [-0.15, -0.1) is 0 Å². The molecule has 3 heteroatoms. The minimum atomic E-state index is -0.186. The molecule has 1 N–H and O–H groups in total. The average molecular weight is 450 g/mol. The molecular weight excluding hydrogens is 406 g/mol. The second kappa shape index (κ2) is 12.0. The van der Waals surface area contributed by atoms with E-state index in [1.54, 1.807) is 5.57 Å². The molecule has 1 heterocycles. The molecule has 1 saturated carbocycles. The van der Waals surface area contributed by atoms with Crippen LogP contribution in [-0.2, 0) is 11.2 Å². The topological polar surface area (TPSA) is 40.5 Å². The smallest absolute Gasteiger partial charge is 0.222 e. The van der Waals surface area contributed by atoms with E-state index in [9.17, 15) is 9.90 Å². The highest BCUT2D eigenvalue weighted by Crippen LogP contribution is 2.48. The van der Waals surface area contributed by atoms with Gasteiger partial charge < -0.3 is 10.0 Å². The maximum Gasteiger partial charge on any atom is 0.222 e. The standard InChI is InChI=1S/C30H43NO2/c1-23-11-10-14-24(19-23)12-6-7-15-27-28-21-25(20-26(28)22-29(27)32)13-4-2-5-16-30(33)31-17-8-3-9-18-31/h7,10-11,14-15,19-20,26-29,32H,2-6,8-9,12-13,16-18,21-22H2,1H3/t26-,27+,28-,29+/m0/s1. The summed E-state index contributed by atoms with van der Waals surface area (Å²) in [6, 6.07) is 8.76. The van der Waals surface area contributed by atoms with Crippen molar-refractivity contribution in [1.29, 1.82) is 0 Å². The summed E-state index contributed by atoms with van der Waals surface area (Å²) in [4.78, 5) is 14.4. The summed E-state index contributed by atoms with van der Waals surface area (Å²) in [5, 5.41) is 10.6. The van der Waals surface area contributed by atoms with Gasteiger partial charge in [0.05, 0.1) is 6.10 Å². The van der Waals surface area contributed by atoms with Gasteiger partial charge in [0.25, 0.3) is 0 Å². The maximum absolute atomic E-state index is 12.3. The Bertz CT molecular complexity index is 835. The molecule has 2 fully saturated rings. The summed E-state index contributed by atoms with van der Waals surface area (Å²) in [5.74, 6) is 1.83. The van der Waals surface area contributed by atoms with Gasteiger partial charge in [0.2, 0.25) is 5.91 Å². The molecule has 1 saturated heterocycles. The van der Waals surface area contributed by atoms with Crippen molar-refractivity contribution in [1.82, 2.24) is 4.90 Å². The second-order valence-electron chi connectivity index (χ2n) is 10.7. The van der Waals surface area contributed by atoms with Gasteiger partial charge in [0.1, 0.15) is 0 Å². The number of unbranched alkanes of at least 4 members (excludes halogenated alkanes) is 2. The molecule has 33 heavy (non-hydrogen) atoms. The number of aryl methyl sites for hydroxylation is 2.